The first-order valence-electron chi connectivity index (χ1n) is 4.97. The van der Waals surface area contributed by atoms with E-state index in [1.54, 1.807) is 0 Å². The smallest absolute Gasteiger partial charge is 0.0509 e. The van der Waals surface area contributed by atoms with Gasteiger partial charge in [0.25, 0.3) is 0 Å². The summed E-state index contributed by atoms with van der Waals surface area (Å²) in [5.74, 6) is 0.692. The Balaban J connectivity index is 2.16. The van der Waals surface area contributed by atoms with E-state index in [0.717, 1.165) is 0 Å². The summed E-state index contributed by atoms with van der Waals surface area (Å²) in [6.07, 6.45) is 0. The molecule has 1 heterocycles. The zero-order chi connectivity index (χ0) is 9.47. The Hall–Kier alpha value is -0.820. The monoisotopic (exact) mass is 175 g/mol. The molecule has 0 unspecified atom stereocenters. The highest BCUT2D eigenvalue weighted by molar-refractivity contribution is 5.31. The first kappa shape index (κ1) is 8.76. The lowest BCUT2D eigenvalue weighted by Gasteiger charge is -2.12. The molecule has 1 aliphatic heterocycles. The van der Waals surface area contributed by atoms with Gasteiger partial charge in [0.1, 0.15) is 0 Å². The molecule has 0 aromatic heterocycles. The summed E-state index contributed by atoms with van der Waals surface area (Å²) in [5.41, 5.74) is 1.74. The second kappa shape index (κ2) is 2.85. The second-order valence-corrected chi connectivity index (χ2v) is 4.43. The van der Waals surface area contributed by atoms with Gasteiger partial charge in [-0.1, -0.05) is 44.2 Å². The molecule has 2 rings (SSSR count). The van der Waals surface area contributed by atoms with E-state index in [4.69, 9.17) is 0 Å². The first-order valence-corrected chi connectivity index (χ1v) is 4.97. The molecule has 13 heavy (non-hydrogen) atoms. The molecular weight excluding hydrogens is 158 g/mol. The van der Waals surface area contributed by atoms with Gasteiger partial charge < -0.3 is 5.32 Å². The van der Waals surface area contributed by atoms with Crippen LogP contribution in [0.25, 0.3) is 0 Å². The van der Waals surface area contributed by atoms with Crippen LogP contribution < -0.4 is 5.32 Å². The van der Waals surface area contributed by atoms with Crippen molar-refractivity contribution in [2.24, 2.45) is 5.92 Å². The minimum absolute atomic E-state index is 0.321. The Morgan fingerprint density at radius 3 is 2.31 bits per heavy atom. The molecule has 0 amide bonds. The van der Waals surface area contributed by atoms with Crippen LogP contribution in [0.5, 0.6) is 0 Å². The molecule has 70 valence electrons. The summed E-state index contributed by atoms with van der Waals surface area (Å²) >= 11 is 0. The summed E-state index contributed by atoms with van der Waals surface area (Å²) in [7, 11) is 0. The fourth-order valence-corrected chi connectivity index (χ4v) is 1.84. The summed E-state index contributed by atoms with van der Waals surface area (Å²) in [6.45, 7) is 6.85. The first-order chi connectivity index (χ1) is 6.14. The third-order valence-corrected chi connectivity index (χ3v) is 3.30. The summed E-state index contributed by atoms with van der Waals surface area (Å²) < 4.78 is 0. The summed E-state index contributed by atoms with van der Waals surface area (Å²) in [4.78, 5) is 0. The van der Waals surface area contributed by atoms with E-state index in [1.807, 2.05) is 0 Å². The molecule has 1 N–H and O–H groups in total. The van der Waals surface area contributed by atoms with E-state index in [-0.39, 0.29) is 0 Å². The molecule has 0 bridgehead atoms. The molecule has 1 aromatic rings. The third-order valence-electron chi connectivity index (χ3n) is 3.30. The number of benzene rings is 1. The molecule has 0 aliphatic carbocycles. The zero-order valence-corrected chi connectivity index (χ0v) is 8.54. The van der Waals surface area contributed by atoms with Crippen LogP contribution in [0, 0.1) is 5.92 Å². The number of rotatable bonds is 2. The Labute approximate surface area is 80.2 Å². The Kier molecular flexibility index (Phi) is 1.92. The van der Waals surface area contributed by atoms with E-state index in [2.05, 4.69) is 56.4 Å². The van der Waals surface area contributed by atoms with Crippen molar-refractivity contribution < 1.29 is 0 Å². The van der Waals surface area contributed by atoms with E-state index in [9.17, 15) is 0 Å². The molecule has 1 nitrogen and oxygen atoms in total. The molecule has 2 atom stereocenters. The third kappa shape index (κ3) is 1.37. The van der Waals surface area contributed by atoms with Gasteiger partial charge in [0.15, 0.2) is 0 Å². The van der Waals surface area contributed by atoms with Gasteiger partial charge >= 0.3 is 0 Å². The average Bonchev–Trinajstić information content (AvgIpc) is 2.81. The summed E-state index contributed by atoms with van der Waals surface area (Å²) in [6, 6.07) is 11.2. The maximum absolute atomic E-state index is 3.56. The normalized spacial score (nSPS) is 32.2. The molecule has 1 fully saturated rings. The van der Waals surface area contributed by atoms with Crippen molar-refractivity contribution >= 4 is 0 Å². The van der Waals surface area contributed by atoms with Crippen molar-refractivity contribution in [3.05, 3.63) is 35.9 Å². The minimum atomic E-state index is 0.321. The van der Waals surface area contributed by atoms with Gasteiger partial charge in [0.05, 0.1) is 6.04 Å². The number of nitrogens with one attached hydrogen (secondary N) is 1. The van der Waals surface area contributed by atoms with Crippen LogP contribution in [-0.4, -0.2) is 5.54 Å². The van der Waals surface area contributed by atoms with E-state index in [1.165, 1.54) is 5.56 Å². The quantitative estimate of drug-likeness (QED) is 0.686. The van der Waals surface area contributed by atoms with Gasteiger partial charge in [-0.3, -0.25) is 0 Å². The SMILES string of the molecule is CC(C)[C@@]1(C)N[C@H]1c1ccccc1. The molecule has 1 aromatic carbocycles. The molecule has 0 radical (unpaired) electrons. The number of hydrogen-bond donors (Lipinski definition) is 1. The highest BCUT2D eigenvalue weighted by Gasteiger charge is 2.51. The van der Waals surface area contributed by atoms with Crippen molar-refractivity contribution in [1.82, 2.24) is 5.32 Å². The van der Waals surface area contributed by atoms with Crippen molar-refractivity contribution in [3.8, 4) is 0 Å². The average molecular weight is 175 g/mol. The lowest BCUT2D eigenvalue weighted by Crippen LogP contribution is -2.18. The molecule has 1 aliphatic rings. The van der Waals surface area contributed by atoms with E-state index < -0.39 is 0 Å². The van der Waals surface area contributed by atoms with Gasteiger partial charge in [0, 0.05) is 5.54 Å². The van der Waals surface area contributed by atoms with Gasteiger partial charge in [-0.15, -0.1) is 0 Å². The Morgan fingerprint density at radius 2 is 1.85 bits per heavy atom. The largest absolute Gasteiger partial charge is 0.301 e. The molecule has 1 saturated heterocycles. The Morgan fingerprint density at radius 1 is 1.23 bits per heavy atom. The van der Waals surface area contributed by atoms with Crippen LogP contribution in [-0.2, 0) is 0 Å². The lowest BCUT2D eigenvalue weighted by atomic mass is 9.91. The molecule has 0 spiro atoms. The van der Waals surface area contributed by atoms with Crippen molar-refractivity contribution in [1.29, 1.82) is 0 Å². The fraction of sp³-hybridized carbons (Fsp3) is 0.500. The zero-order valence-electron chi connectivity index (χ0n) is 8.54. The number of hydrogen-bond acceptors (Lipinski definition) is 1. The fourth-order valence-electron chi connectivity index (χ4n) is 1.84. The minimum Gasteiger partial charge on any atom is -0.301 e. The van der Waals surface area contributed by atoms with Gasteiger partial charge in [-0.25, -0.2) is 0 Å². The van der Waals surface area contributed by atoms with Gasteiger partial charge in [0.2, 0.25) is 0 Å². The lowest BCUT2D eigenvalue weighted by molar-refractivity contribution is 0.474. The highest BCUT2D eigenvalue weighted by atomic mass is 15.2. The van der Waals surface area contributed by atoms with Crippen LogP contribution in [0.3, 0.4) is 0 Å². The molecule has 1 heteroatoms. The van der Waals surface area contributed by atoms with Gasteiger partial charge in [-0.05, 0) is 18.4 Å². The van der Waals surface area contributed by atoms with Gasteiger partial charge in [-0.2, -0.15) is 0 Å². The van der Waals surface area contributed by atoms with Crippen LogP contribution in [0.15, 0.2) is 30.3 Å². The highest BCUT2D eigenvalue weighted by Crippen LogP contribution is 2.45. The van der Waals surface area contributed by atoms with Crippen molar-refractivity contribution in [2.45, 2.75) is 32.4 Å². The predicted molar refractivity (Wildman–Crippen MR) is 55.6 cm³/mol. The molecular formula is C12H17N. The molecule has 0 saturated carbocycles. The maximum Gasteiger partial charge on any atom is 0.0509 e. The standard InChI is InChI=1S/C12H17N/c1-9(2)12(3)11(13-12)10-7-5-4-6-8-10/h4-9,11,13H,1-3H3/t11-,12+/m0/s1. The van der Waals surface area contributed by atoms with Crippen LogP contribution in [0.1, 0.15) is 32.4 Å². The maximum atomic E-state index is 3.56. The van der Waals surface area contributed by atoms with Crippen LogP contribution >= 0.6 is 0 Å². The van der Waals surface area contributed by atoms with Crippen LogP contribution in [0.2, 0.25) is 0 Å². The van der Waals surface area contributed by atoms with Crippen molar-refractivity contribution in [2.75, 3.05) is 0 Å². The second-order valence-electron chi connectivity index (χ2n) is 4.43. The van der Waals surface area contributed by atoms with Crippen molar-refractivity contribution in [3.63, 3.8) is 0 Å². The predicted octanol–water partition coefficient (Wildman–Crippen LogP) is 2.75. The van der Waals surface area contributed by atoms with Crippen LogP contribution in [0.4, 0.5) is 0 Å². The topological polar surface area (TPSA) is 21.9 Å². The Bertz CT molecular complexity index is 291. The van der Waals surface area contributed by atoms with E-state index in [0.29, 0.717) is 17.5 Å². The van der Waals surface area contributed by atoms with E-state index >= 15 is 0 Å². The summed E-state index contributed by atoms with van der Waals surface area (Å²) in [5, 5.41) is 3.56.